The molecule has 1 heterocycles. The molecular formula is C26H30N2O4. The zero-order valence-corrected chi connectivity index (χ0v) is 18.8. The zero-order valence-electron chi connectivity index (χ0n) is 18.8. The number of nitrogens with zero attached hydrogens (tertiary/aromatic N) is 2. The molecule has 1 aliphatic heterocycles. The predicted octanol–water partition coefficient (Wildman–Crippen LogP) is 3.68. The van der Waals surface area contributed by atoms with E-state index in [1.54, 1.807) is 25.1 Å². The molecule has 4 rings (SSSR count). The molecule has 1 saturated carbocycles. The van der Waals surface area contributed by atoms with E-state index in [0.717, 1.165) is 31.2 Å². The molecule has 2 fully saturated rings. The van der Waals surface area contributed by atoms with Crippen LogP contribution in [-0.2, 0) is 26.3 Å². The third kappa shape index (κ3) is 4.01. The van der Waals surface area contributed by atoms with Crippen molar-refractivity contribution in [2.24, 2.45) is 0 Å². The lowest BCUT2D eigenvalue weighted by molar-refractivity contribution is -0.144. The second-order valence-electron chi connectivity index (χ2n) is 8.88. The first-order chi connectivity index (χ1) is 15.5. The molecule has 0 aromatic heterocycles. The number of likely N-dealkylation sites (tertiary alicyclic amines) is 1. The van der Waals surface area contributed by atoms with Crippen LogP contribution < -0.4 is 4.74 Å². The van der Waals surface area contributed by atoms with Gasteiger partial charge in [-0.25, -0.2) is 0 Å². The summed E-state index contributed by atoms with van der Waals surface area (Å²) in [5.74, 6) is -0.0960. The van der Waals surface area contributed by atoms with Crippen LogP contribution in [0.15, 0.2) is 54.6 Å². The topological polar surface area (TPSA) is 66.9 Å². The Morgan fingerprint density at radius 1 is 1.06 bits per heavy atom. The van der Waals surface area contributed by atoms with Crippen molar-refractivity contribution >= 4 is 17.7 Å². The number of benzene rings is 2. The molecule has 32 heavy (non-hydrogen) atoms. The van der Waals surface area contributed by atoms with Crippen molar-refractivity contribution in [2.75, 3.05) is 14.2 Å². The van der Waals surface area contributed by atoms with Gasteiger partial charge in [-0.05, 0) is 24.5 Å². The summed E-state index contributed by atoms with van der Waals surface area (Å²) in [6.45, 7) is 0.441. The van der Waals surface area contributed by atoms with E-state index in [0.29, 0.717) is 17.9 Å². The number of ether oxygens (including phenoxy) is 1. The van der Waals surface area contributed by atoms with Crippen LogP contribution >= 0.6 is 0 Å². The van der Waals surface area contributed by atoms with E-state index in [1.165, 1.54) is 4.90 Å². The number of rotatable bonds is 7. The van der Waals surface area contributed by atoms with E-state index < -0.39 is 5.41 Å². The fourth-order valence-corrected chi connectivity index (χ4v) is 5.12. The van der Waals surface area contributed by atoms with Crippen molar-refractivity contribution in [3.63, 3.8) is 0 Å². The van der Waals surface area contributed by atoms with E-state index >= 15 is 0 Å². The minimum atomic E-state index is -1.24. The summed E-state index contributed by atoms with van der Waals surface area (Å²) < 4.78 is 5.56. The number of carbonyl (C=O) groups excluding carboxylic acids is 3. The van der Waals surface area contributed by atoms with Crippen LogP contribution in [0, 0.1) is 0 Å². The second kappa shape index (κ2) is 9.15. The minimum Gasteiger partial charge on any atom is -0.496 e. The van der Waals surface area contributed by atoms with Gasteiger partial charge in [0.2, 0.25) is 17.7 Å². The Morgan fingerprint density at radius 2 is 1.72 bits per heavy atom. The van der Waals surface area contributed by atoms with Crippen LogP contribution in [-0.4, -0.2) is 47.7 Å². The first-order valence-corrected chi connectivity index (χ1v) is 11.2. The SMILES string of the molecule is COc1ccccc1[C@@]1(CC(=O)N(C)Cc2ccccc2)CC(=O)N(C2CCCC2)C1=O. The first kappa shape index (κ1) is 22.1. The Hall–Kier alpha value is -3.15. The highest BCUT2D eigenvalue weighted by Crippen LogP contribution is 2.46. The number of hydrogen-bond donors (Lipinski definition) is 0. The maximum absolute atomic E-state index is 13.9. The normalized spacial score (nSPS) is 21.2. The molecule has 2 aromatic carbocycles. The molecule has 3 amide bonds. The summed E-state index contributed by atoms with van der Waals surface area (Å²) in [6.07, 6.45) is 3.63. The summed E-state index contributed by atoms with van der Waals surface area (Å²) >= 11 is 0. The molecular weight excluding hydrogens is 404 g/mol. The predicted molar refractivity (Wildman–Crippen MR) is 121 cm³/mol. The van der Waals surface area contributed by atoms with E-state index in [9.17, 15) is 14.4 Å². The van der Waals surface area contributed by atoms with E-state index in [4.69, 9.17) is 4.74 Å². The maximum Gasteiger partial charge on any atom is 0.241 e. The largest absolute Gasteiger partial charge is 0.496 e. The van der Waals surface area contributed by atoms with Crippen LogP contribution in [0.2, 0.25) is 0 Å². The summed E-state index contributed by atoms with van der Waals surface area (Å²) in [5.41, 5.74) is 0.382. The van der Waals surface area contributed by atoms with Gasteiger partial charge in [0, 0.05) is 38.0 Å². The van der Waals surface area contributed by atoms with Crippen LogP contribution in [0.3, 0.4) is 0 Å². The lowest BCUT2D eigenvalue weighted by Gasteiger charge is -2.31. The Morgan fingerprint density at radius 3 is 2.41 bits per heavy atom. The molecule has 1 saturated heterocycles. The summed E-state index contributed by atoms with van der Waals surface area (Å²) in [6, 6.07) is 16.9. The zero-order chi connectivity index (χ0) is 22.7. The molecule has 6 nitrogen and oxygen atoms in total. The second-order valence-corrected chi connectivity index (χ2v) is 8.88. The molecule has 0 spiro atoms. The van der Waals surface area contributed by atoms with Crippen molar-refractivity contribution < 1.29 is 19.1 Å². The lowest BCUT2D eigenvalue weighted by Crippen LogP contribution is -2.45. The van der Waals surface area contributed by atoms with Crippen LogP contribution in [0.5, 0.6) is 5.75 Å². The number of amides is 3. The van der Waals surface area contributed by atoms with E-state index in [1.807, 2.05) is 48.5 Å². The molecule has 1 atom stereocenters. The number of methoxy groups -OCH3 is 1. The highest BCUT2D eigenvalue weighted by Gasteiger charge is 2.56. The summed E-state index contributed by atoms with van der Waals surface area (Å²) in [7, 11) is 3.28. The van der Waals surface area contributed by atoms with Gasteiger partial charge in [-0.1, -0.05) is 61.4 Å². The molecule has 0 bridgehead atoms. The summed E-state index contributed by atoms with van der Waals surface area (Å²) in [4.78, 5) is 43.5. The number of para-hydroxylation sites is 1. The highest BCUT2D eigenvalue weighted by atomic mass is 16.5. The minimum absolute atomic E-state index is 0.00633. The Kier molecular flexibility index (Phi) is 6.31. The third-order valence-corrected chi connectivity index (χ3v) is 6.80. The molecule has 0 unspecified atom stereocenters. The fraction of sp³-hybridized carbons (Fsp3) is 0.423. The molecule has 2 aromatic rings. The Balaban J connectivity index is 1.68. The van der Waals surface area contributed by atoms with Crippen molar-refractivity contribution in [3.8, 4) is 5.75 Å². The van der Waals surface area contributed by atoms with Gasteiger partial charge in [-0.15, -0.1) is 0 Å². The molecule has 168 valence electrons. The van der Waals surface area contributed by atoms with Gasteiger partial charge < -0.3 is 9.64 Å². The van der Waals surface area contributed by atoms with Gasteiger partial charge in [0.05, 0.1) is 12.5 Å². The van der Waals surface area contributed by atoms with E-state index in [-0.39, 0.29) is 36.6 Å². The standard InChI is InChI=1S/C26H30N2O4/c1-27(18-19-10-4-3-5-11-19)23(29)16-26(21-14-8-9-15-22(21)32-2)17-24(30)28(25(26)31)20-12-6-7-13-20/h3-5,8-11,14-15,20H,6-7,12-13,16-18H2,1-2H3/t26-/m1/s1. The van der Waals surface area contributed by atoms with Gasteiger partial charge in [0.25, 0.3) is 0 Å². The van der Waals surface area contributed by atoms with Crippen LogP contribution in [0.4, 0.5) is 0 Å². The van der Waals surface area contributed by atoms with Gasteiger partial charge in [-0.3, -0.25) is 19.3 Å². The smallest absolute Gasteiger partial charge is 0.241 e. The van der Waals surface area contributed by atoms with Gasteiger partial charge in [0.15, 0.2) is 0 Å². The van der Waals surface area contributed by atoms with Gasteiger partial charge in [-0.2, -0.15) is 0 Å². The van der Waals surface area contributed by atoms with Crippen molar-refractivity contribution in [3.05, 3.63) is 65.7 Å². The monoisotopic (exact) mass is 434 g/mol. The highest BCUT2D eigenvalue weighted by molar-refractivity contribution is 6.11. The Labute approximate surface area is 189 Å². The van der Waals surface area contributed by atoms with Crippen molar-refractivity contribution in [1.29, 1.82) is 0 Å². The number of carbonyl (C=O) groups is 3. The molecule has 0 radical (unpaired) electrons. The molecule has 1 aliphatic carbocycles. The fourth-order valence-electron chi connectivity index (χ4n) is 5.12. The molecule has 0 N–H and O–H groups in total. The van der Waals surface area contributed by atoms with Crippen LogP contribution in [0.1, 0.15) is 49.7 Å². The molecule has 6 heteroatoms. The van der Waals surface area contributed by atoms with Crippen molar-refractivity contribution in [1.82, 2.24) is 9.80 Å². The van der Waals surface area contributed by atoms with Crippen LogP contribution in [0.25, 0.3) is 0 Å². The van der Waals surface area contributed by atoms with Gasteiger partial charge >= 0.3 is 0 Å². The number of imide groups is 1. The maximum atomic E-state index is 13.9. The third-order valence-electron chi connectivity index (χ3n) is 6.80. The average molecular weight is 435 g/mol. The first-order valence-electron chi connectivity index (χ1n) is 11.2. The summed E-state index contributed by atoms with van der Waals surface area (Å²) in [5, 5.41) is 0. The average Bonchev–Trinajstić information content (AvgIpc) is 3.41. The van der Waals surface area contributed by atoms with E-state index in [2.05, 4.69) is 0 Å². The van der Waals surface area contributed by atoms with Gasteiger partial charge in [0.1, 0.15) is 5.75 Å². The number of hydrogen-bond acceptors (Lipinski definition) is 4. The Bertz CT molecular complexity index is 1000. The van der Waals surface area contributed by atoms with Crippen molar-refractivity contribution in [2.45, 2.75) is 56.5 Å². The quantitative estimate of drug-likeness (QED) is 0.624. The lowest BCUT2D eigenvalue weighted by atomic mass is 9.75. The molecule has 2 aliphatic rings.